The highest BCUT2D eigenvalue weighted by Gasteiger charge is 2.58. The maximum atomic E-state index is 13.3. The van der Waals surface area contributed by atoms with Gasteiger partial charge in [-0.2, -0.15) is 31.6 Å². The molecule has 10 nitrogen and oxygen atoms in total. The van der Waals surface area contributed by atoms with Gasteiger partial charge in [0.2, 0.25) is 11.8 Å². The first kappa shape index (κ1) is 28.5. The van der Waals surface area contributed by atoms with E-state index in [2.05, 4.69) is 10.4 Å². The summed E-state index contributed by atoms with van der Waals surface area (Å²) < 4.78 is 66.5. The number of hydrogen-bond acceptors (Lipinski definition) is 6. The summed E-state index contributed by atoms with van der Waals surface area (Å²) in [5.74, 6) is -6.59. The molecule has 2 aromatic rings. The van der Waals surface area contributed by atoms with Gasteiger partial charge < -0.3 is 15.3 Å². The predicted octanol–water partition coefficient (Wildman–Crippen LogP) is 2.10. The molecule has 1 aliphatic carbocycles. The molecule has 0 atom stereocenters. The number of aromatic nitrogens is 3. The van der Waals surface area contributed by atoms with E-state index >= 15 is 0 Å². The number of nitrogens with zero attached hydrogens (tertiary/aromatic N) is 5. The highest BCUT2D eigenvalue weighted by molar-refractivity contribution is 5.97. The maximum Gasteiger partial charge on any atom is 0.454 e. The van der Waals surface area contributed by atoms with Gasteiger partial charge in [-0.3, -0.25) is 23.9 Å². The first-order chi connectivity index (χ1) is 18.2. The van der Waals surface area contributed by atoms with Crippen LogP contribution in [0.1, 0.15) is 42.6 Å². The Labute approximate surface area is 219 Å². The molecule has 214 valence electrons. The van der Waals surface area contributed by atoms with Crippen LogP contribution in [0, 0.1) is 5.92 Å². The smallest absolute Gasteiger partial charge is 0.454 e. The van der Waals surface area contributed by atoms with Crippen molar-refractivity contribution >= 4 is 23.5 Å². The molecule has 2 N–H and O–H groups in total. The average Bonchev–Trinajstić information content (AvgIpc) is 3.55. The molecule has 2 fully saturated rings. The number of aromatic hydroxyl groups is 1. The number of rotatable bonds is 8. The number of carbonyl (C=O) groups excluding carboxylic acids is 2. The van der Waals surface area contributed by atoms with Crippen LogP contribution in [0.5, 0.6) is 5.88 Å². The SMILES string of the molecule is CC(C)Cn1c(O)c(C(=O)NC2CC2)c(=O)n2ncc(/C=C/C(=O)N3CCN(CC(F)(F)C(F)(F)F)CC3)c12. The van der Waals surface area contributed by atoms with Crippen molar-refractivity contribution in [2.24, 2.45) is 5.92 Å². The Hall–Kier alpha value is -3.49. The van der Waals surface area contributed by atoms with Crippen molar-refractivity contribution in [3.8, 4) is 5.88 Å². The van der Waals surface area contributed by atoms with Crippen LogP contribution in [-0.2, 0) is 11.3 Å². The molecule has 0 spiro atoms. The summed E-state index contributed by atoms with van der Waals surface area (Å²) in [6.07, 6.45) is -0.232. The number of amides is 2. The molecule has 39 heavy (non-hydrogen) atoms. The summed E-state index contributed by atoms with van der Waals surface area (Å²) in [5, 5.41) is 17.7. The third kappa shape index (κ3) is 6.07. The normalized spacial score (nSPS) is 17.5. The molecule has 15 heteroatoms. The van der Waals surface area contributed by atoms with E-state index in [0.29, 0.717) is 5.56 Å². The second-order valence-electron chi connectivity index (χ2n) is 10.2. The van der Waals surface area contributed by atoms with Gasteiger partial charge in [0, 0.05) is 50.4 Å². The molecule has 1 saturated heterocycles. The molecule has 0 bridgehead atoms. The van der Waals surface area contributed by atoms with Crippen LogP contribution in [0.15, 0.2) is 17.1 Å². The van der Waals surface area contributed by atoms with Crippen LogP contribution in [0.3, 0.4) is 0 Å². The minimum Gasteiger partial charge on any atom is -0.494 e. The van der Waals surface area contributed by atoms with Crippen LogP contribution < -0.4 is 10.9 Å². The molecule has 3 heterocycles. The summed E-state index contributed by atoms with van der Waals surface area (Å²) in [7, 11) is 0. The predicted molar refractivity (Wildman–Crippen MR) is 129 cm³/mol. The van der Waals surface area contributed by atoms with Crippen LogP contribution in [0.4, 0.5) is 22.0 Å². The van der Waals surface area contributed by atoms with Crippen LogP contribution in [0.2, 0.25) is 0 Å². The fourth-order valence-electron chi connectivity index (χ4n) is 4.31. The Morgan fingerprint density at radius 1 is 1.15 bits per heavy atom. The van der Waals surface area contributed by atoms with E-state index in [1.807, 2.05) is 13.8 Å². The summed E-state index contributed by atoms with van der Waals surface area (Å²) in [6.45, 7) is 2.08. The Bertz CT molecular complexity index is 1340. The minimum atomic E-state index is -5.65. The first-order valence-electron chi connectivity index (χ1n) is 12.5. The maximum absolute atomic E-state index is 13.3. The van der Waals surface area contributed by atoms with E-state index in [0.717, 1.165) is 22.3 Å². The Balaban J connectivity index is 1.53. The van der Waals surface area contributed by atoms with Crippen LogP contribution in [-0.4, -0.2) is 91.8 Å². The molecular weight excluding hydrogens is 531 g/mol. The number of alkyl halides is 5. The van der Waals surface area contributed by atoms with Crippen molar-refractivity contribution in [2.75, 3.05) is 32.7 Å². The molecule has 0 aromatic carbocycles. The lowest BCUT2D eigenvalue weighted by Gasteiger charge is -2.36. The van der Waals surface area contributed by atoms with Crippen molar-refractivity contribution in [3.63, 3.8) is 0 Å². The fraction of sp³-hybridized carbons (Fsp3) is 0.583. The Morgan fingerprint density at radius 2 is 1.79 bits per heavy atom. The number of piperazine rings is 1. The van der Waals surface area contributed by atoms with Crippen LogP contribution in [0.25, 0.3) is 11.7 Å². The van der Waals surface area contributed by atoms with Gasteiger partial charge in [-0.05, 0) is 24.8 Å². The molecule has 0 radical (unpaired) electrons. The van der Waals surface area contributed by atoms with E-state index in [1.165, 1.54) is 27.8 Å². The van der Waals surface area contributed by atoms with Crippen LogP contribution >= 0.6 is 0 Å². The van der Waals surface area contributed by atoms with Gasteiger partial charge in [-0.1, -0.05) is 13.8 Å². The number of fused-ring (bicyclic) bond motifs is 1. The topological polar surface area (TPSA) is 112 Å². The van der Waals surface area contributed by atoms with Crippen molar-refractivity contribution < 1.29 is 36.6 Å². The molecule has 4 rings (SSSR count). The van der Waals surface area contributed by atoms with Gasteiger partial charge >= 0.3 is 12.1 Å². The fourth-order valence-corrected chi connectivity index (χ4v) is 4.31. The third-order valence-corrected chi connectivity index (χ3v) is 6.53. The number of carbonyl (C=O) groups is 2. The summed E-state index contributed by atoms with van der Waals surface area (Å²) in [5.41, 5.74) is -0.788. The third-order valence-electron chi connectivity index (χ3n) is 6.53. The van der Waals surface area contributed by atoms with Gasteiger partial charge in [0.25, 0.3) is 11.5 Å². The Morgan fingerprint density at radius 3 is 2.36 bits per heavy atom. The number of halogens is 5. The summed E-state index contributed by atoms with van der Waals surface area (Å²) in [6, 6.07) is -0.0457. The lowest BCUT2D eigenvalue weighted by atomic mass is 10.2. The molecule has 2 amide bonds. The van der Waals surface area contributed by atoms with Crippen molar-refractivity contribution in [1.82, 2.24) is 29.3 Å². The first-order valence-corrected chi connectivity index (χ1v) is 12.5. The van der Waals surface area contributed by atoms with E-state index in [-0.39, 0.29) is 50.3 Å². The molecule has 1 saturated carbocycles. The van der Waals surface area contributed by atoms with Gasteiger partial charge in [-0.15, -0.1) is 0 Å². The van der Waals surface area contributed by atoms with Crippen molar-refractivity contribution in [3.05, 3.63) is 33.8 Å². The Kier molecular flexibility index (Phi) is 7.74. The average molecular weight is 561 g/mol. The molecular formula is C24H29F5N6O4. The molecule has 2 aliphatic rings. The van der Waals surface area contributed by atoms with Gasteiger partial charge in [0.05, 0.1) is 12.7 Å². The standard InChI is InChI=1S/C24H29F5N6O4/c1-14(2)12-34-20-15(11-30-35(20)22(39)18(21(34)38)19(37)31-16-4-5-16)3-6-17(36)33-9-7-32(8-10-33)13-23(25,26)24(27,28)29/h3,6,11,14,16,38H,4-5,7-10,12-13H2,1-2H3,(H,31,37)/b6-3+. The molecule has 2 aromatic heterocycles. The minimum absolute atomic E-state index is 0.00377. The zero-order chi connectivity index (χ0) is 28.7. The number of hydrogen-bond donors (Lipinski definition) is 2. The van der Waals surface area contributed by atoms with E-state index in [1.54, 1.807) is 0 Å². The second-order valence-corrected chi connectivity index (χ2v) is 10.2. The highest BCUT2D eigenvalue weighted by Crippen LogP contribution is 2.36. The zero-order valence-electron chi connectivity index (χ0n) is 21.3. The second kappa shape index (κ2) is 10.6. The lowest BCUT2D eigenvalue weighted by molar-refractivity contribution is -0.287. The van der Waals surface area contributed by atoms with Crippen molar-refractivity contribution in [2.45, 2.75) is 51.4 Å². The van der Waals surface area contributed by atoms with E-state index < -0.39 is 47.5 Å². The summed E-state index contributed by atoms with van der Waals surface area (Å²) >= 11 is 0. The van der Waals surface area contributed by atoms with Gasteiger partial charge in [0.1, 0.15) is 5.65 Å². The largest absolute Gasteiger partial charge is 0.494 e. The lowest BCUT2D eigenvalue weighted by Crippen LogP contribution is -2.54. The zero-order valence-corrected chi connectivity index (χ0v) is 21.3. The van der Waals surface area contributed by atoms with E-state index in [4.69, 9.17) is 0 Å². The molecule has 0 unspecified atom stereocenters. The quantitative estimate of drug-likeness (QED) is 0.378. The number of nitrogens with one attached hydrogen (secondary N) is 1. The van der Waals surface area contributed by atoms with Crippen molar-refractivity contribution in [1.29, 1.82) is 0 Å². The van der Waals surface area contributed by atoms with Gasteiger partial charge in [0.15, 0.2) is 5.56 Å². The van der Waals surface area contributed by atoms with E-state index in [9.17, 15) is 41.4 Å². The molecule has 1 aliphatic heterocycles. The highest BCUT2D eigenvalue weighted by atomic mass is 19.4. The monoisotopic (exact) mass is 560 g/mol. The van der Waals surface area contributed by atoms with Gasteiger partial charge in [-0.25, -0.2) is 0 Å². The summed E-state index contributed by atoms with van der Waals surface area (Å²) in [4.78, 5) is 40.7.